The Kier molecular flexibility index (Phi) is 6.76. The molecule has 2 rings (SSSR count). The molecule has 0 saturated carbocycles. The van der Waals surface area contributed by atoms with Gasteiger partial charge in [-0.3, -0.25) is 9.59 Å². The van der Waals surface area contributed by atoms with Crippen LogP contribution in [0.4, 0.5) is 0 Å². The molecule has 0 heterocycles. The third-order valence-corrected chi connectivity index (χ3v) is 4.59. The Morgan fingerprint density at radius 1 is 1.00 bits per heavy atom. The summed E-state index contributed by atoms with van der Waals surface area (Å²) < 4.78 is 0.995. The summed E-state index contributed by atoms with van der Waals surface area (Å²) in [7, 11) is 1.79. The molecule has 2 amide bonds. The van der Waals surface area contributed by atoms with Gasteiger partial charge in [0.25, 0.3) is 5.91 Å². The van der Waals surface area contributed by atoms with Crippen LogP contribution in [0.5, 0.6) is 0 Å². The van der Waals surface area contributed by atoms with Gasteiger partial charge in [0.15, 0.2) is 0 Å². The molecule has 0 aliphatic carbocycles. The van der Waals surface area contributed by atoms with Crippen LogP contribution in [0.25, 0.3) is 0 Å². The second-order valence-electron chi connectivity index (χ2n) is 6.29. The lowest BCUT2D eigenvalue weighted by Crippen LogP contribution is -2.32. The van der Waals surface area contributed by atoms with Crippen molar-refractivity contribution in [2.75, 3.05) is 7.05 Å². The first-order valence-electron chi connectivity index (χ1n) is 8.24. The van der Waals surface area contributed by atoms with Gasteiger partial charge in [0.2, 0.25) is 5.91 Å². The van der Waals surface area contributed by atoms with Crippen LogP contribution in [0.1, 0.15) is 35.3 Å². The van der Waals surface area contributed by atoms with Gasteiger partial charge in [0.1, 0.15) is 0 Å². The van der Waals surface area contributed by atoms with Crippen LogP contribution >= 0.6 is 15.9 Å². The highest BCUT2D eigenvalue weighted by Gasteiger charge is 2.14. The fourth-order valence-electron chi connectivity index (χ4n) is 2.25. The van der Waals surface area contributed by atoms with E-state index >= 15 is 0 Å². The summed E-state index contributed by atoms with van der Waals surface area (Å²) in [4.78, 5) is 26.0. The molecule has 0 aliphatic rings. The number of hydrogen-bond acceptors (Lipinski definition) is 2. The van der Waals surface area contributed by atoms with E-state index in [0.29, 0.717) is 18.5 Å². The lowest BCUT2D eigenvalue weighted by molar-refractivity contribution is -0.120. The average molecular weight is 403 g/mol. The standard InChI is InChI=1S/C20H23BrN2O2/c1-14(2)23(3)20(25)17-8-4-16(5-9-17)13-22-19(24)12-15-6-10-18(21)11-7-15/h4-11,14H,12-13H2,1-3H3,(H,22,24). The van der Waals surface area contributed by atoms with Gasteiger partial charge in [0.05, 0.1) is 6.42 Å². The fraction of sp³-hybridized carbons (Fsp3) is 0.300. The van der Waals surface area contributed by atoms with Crippen LogP contribution in [0, 0.1) is 0 Å². The zero-order chi connectivity index (χ0) is 18.4. The van der Waals surface area contributed by atoms with Crippen molar-refractivity contribution in [3.05, 3.63) is 69.7 Å². The quantitative estimate of drug-likeness (QED) is 0.798. The number of hydrogen-bond donors (Lipinski definition) is 1. The van der Waals surface area contributed by atoms with Gasteiger partial charge in [-0.05, 0) is 49.2 Å². The zero-order valence-electron chi connectivity index (χ0n) is 14.8. The van der Waals surface area contributed by atoms with Crippen molar-refractivity contribution < 1.29 is 9.59 Å². The third kappa shape index (κ3) is 5.71. The highest BCUT2D eigenvalue weighted by atomic mass is 79.9. The molecule has 25 heavy (non-hydrogen) atoms. The maximum absolute atomic E-state index is 12.2. The molecule has 0 bridgehead atoms. The summed E-state index contributed by atoms with van der Waals surface area (Å²) in [5.41, 5.74) is 2.59. The monoisotopic (exact) mass is 402 g/mol. The number of halogens is 1. The molecule has 0 atom stereocenters. The predicted octanol–water partition coefficient (Wildman–Crippen LogP) is 3.79. The molecule has 4 nitrogen and oxygen atoms in total. The SMILES string of the molecule is CC(C)N(C)C(=O)c1ccc(CNC(=O)Cc2ccc(Br)cc2)cc1. The first-order valence-corrected chi connectivity index (χ1v) is 9.03. The highest BCUT2D eigenvalue weighted by molar-refractivity contribution is 9.10. The number of rotatable bonds is 6. The van der Waals surface area contributed by atoms with E-state index in [9.17, 15) is 9.59 Å². The molecule has 1 N–H and O–H groups in total. The van der Waals surface area contributed by atoms with Crippen molar-refractivity contribution in [3.8, 4) is 0 Å². The van der Waals surface area contributed by atoms with Crippen molar-refractivity contribution in [1.82, 2.24) is 10.2 Å². The molecule has 0 aromatic heterocycles. The van der Waals surface area contributed by atoms with Gasteiger partial charge in [0, 0.05) is 29.7 Å². The minimum atomic E-state index is -0.0259. The van der Waals surface area contributed by atoms with Crippen molar-refractivity contribution in [1.29, 1.82) is 0 Å². The van der Waals surface area contributed by atoms with E-state index in [4.69, 9.17) is 0 Å². The van der Waals surface area contributed by atoms with Crippen molar-refractivity contribution in [2.24, 2.45) is 0 Å². The molecule has 0 saturated heterocycles. The summed E-state index contributed by atoms with van der Waals surface area (Å²) in [6, 6.07) is 15.2. The van der Waals surface area contributed by atoms with E-state index in [1.54, 1.807) is 24.1 Å². The third-order valence-electron chi connectivity index (χ3n) is 4.06. The largest absolute Gasteiger partial charge is 0.352 e. The molecule has 0 unspecified atom stereocenters. The molecular weight excluding hydrogens is 380 g/mol. The van der Waals surface area contributed by atoms with Crippen molar-refractivity contribution >= 4 is 27.7 Å². The lowest BCUT2D eigenvalue weighted by atomic mass is 10.1. The van der Waals surface area contributed by atoms with E-state index in [1.807, 2.05) is 50.2 Å². The lowest BCUT2D eigenvalue weighted by Gasteiger charge is -2.21. The first-order chi connectivity index (χ1) is 11.9. The number of nitrogens with zero attached hydrogens (tertiary/aromatic N) is 1. The van der Waals surface area contributed by atoms with Crippen molar-refractivity contribution in [2.45, 2.75) is 32.9 Å². The highest BCUT2D eigenvalue weighted by Crippen LogP contribution is 2.11. The van der Waals surface area contributed by atoms with E-state index in [2.05, 4.69) is 21.2 Å². The Balaban J connectivity index is 1.87. The summed E-state index contributed by atoms with van der Waals surface area (Å²) in [5, 5.41) is 2.91. The minimum Gasteiger partial charge on any atom is -0.352 e. The van der Waals surface area contributed by atoms with Gasteiger partial charge in [-0.1, -0.05) is 40.2 Å². The molecule has 2 aromatic rings. The smallest absolute Gasteiger partial charge is 0.253 e. The summed E-state index contributed by atoms with van der Waals surface area (Å²) in [6.07, 6.45) is 0.350. The number of nitrogens with one attached hydrogen (secondary N) is 1. The minimum absolute atomic E-state index is 0.000763. The maximum atomic E-state index is 12.2. The summed E-state index contributed by atoms with van der Waals surface area (Å²) >= 11 is 3.38. The van der Waals surface area contributed by atoms with Gasteiger partial charge >= 0.3 is 0 Å². The zero-order valence-corrected chi connectivity index (χ0v) is 16.3. The molecule has 0 spiro atoms. The molecular formula is C20H23BrN2O2. The van der Waals surface area contributed by atoms with E-state index in [1.165, 1.54) is 0 Å². The molecule has 0 fully saturated rings. The number of amides is 2. The number of benzene rings is 2. The normalized spacial score (nSPS) is 10.6. The van der Waals surface area contributed by atoms with E-state index in [-0.39, 0.29) is 17.9 Å². The Hall–Kier alpha value is -2.14. The van der Waals surface area contributed by atoms with Crippen LogP contribution in [0.2, 0.25) is 0 Å². The second-order valence-corrected chi connectivity index (χ2v) is 7.20. The Bertz CT molecular complexity index is 724. The van der Waals surface area contributed by atoms with Crippen molar-refractivity contribution in [3.63, 3.8) is 0 Å². The van der Waals surface area contributed by atoms with Gasteiger partial charge < -0.3 is 10.2 Å². The van der Waals surface area contributed by atoms with Gasteiger partial charge in [-0.2, -0.15) is 0 Å². The Morgan fingerprint density at radius 3 is 2.12 bits per heavy atom. The van der Waals surface area contributed by atoms with Crippen LogP contribution in [-0.4, -0.2) is 29.8 Å². The number of carbonyl (C=O) groups excluding carboxylic acids is 2. The first kappa shape index (κ1) is 19.2. The van der Waals surface area contributed by atoms with E-state index < -0.39 is 0 Å². The molecule has 5 heteroatoms. The molecule has 0 radical (unpaired) electrons. The van der Waals surface area contributed by atoms with Crippen LogP contribution in [0.15, 0.2) is 53.0 Å². The molecule has 2 aromatic carbocycles. The van der Waals surface area contributed by atoms with Crippen LogP contribution in [0.3, 0.4) is 0 Å². The molecule has 0 aliphatic heterocycles. The van der Waals surface area contributed by atoms with Gasteiger partial charge in [-0.25, -0.2) is 0 Å². The summed E-state index contributed by atoms with van der Waals surface area (Å²) in [6.45, 7) is 4.41. The second kappa shape index (κ2) is 8.81. The van der Waals surface area contributed by atoms with Crippen LogP contribution in [-0.2, 0) is 17.8 Å². The topological polar surface area (TPSA) is 49.4 Å². The van der Waals surface area contributed by atoms with Gasteiger partial charge in [-0.15, -0.1) is 0 Å². The van der Waals surface area contributed by atoms with Crippen LogP contribution < -0.4 is 5.32 Å². The Morgan fingerprint density at radius 2 is 1.56 bits per heavy atom. The van der Waals surface area contributed by atoms with E-state index in [0.717, 1.165) is 15.6 Å². The Labute approximate surface area is 157 Å². The predicted molar refractivity (Wildman–Crippen MR) is 103 cm³/mol. The average Bonchev–Trinajstić information content (AvgIpc) is 2.61. The molecule has 132 valence electrons. The number of carbonyl (C=O) groups is 2. The summed E-state index contributed by atoms with van der Waals surface area (Å²) in [5.74, 6) is -0.0251. The fourth-order valence-corrected chi connectivity index (χ4v) is 2.52. The maximum Gasteiger partial charge on any atom is 0.253 e.